The number of hydrogen-bond acceptors (Lipinski definition) is 5. The van der Waals surface area contributed by atoms with E-state index in [1.54, 1.807) is 30.3 Å². The second kappa shape index (κ2) is 9.21. The molecule has 27 heavy (non-hydrogen) atoms. The van der Waals surface area contributed by atoms with Crippen LogP contribution in [0, 0.1) is 5.92 Å². The van der Waals surface area contributed by atoms with Crippen LogP contribution in [0.15, 0.2) is 34.9 Å². The van der Waals surface area contributed by atoms with Crippen molar-refractivity contribution in [2.24, 2.45) is 5.92 Å². The highest BCUT2D eigenvalue weighted by Crippen LogP contribution is 2.23. The SMILES string of the molecule is CC(=O)Nc1ccc(OCc2cc(C(=O)NCC3CCCCC3)no2)cc1. The average molecular weight is 371 g/mol. The number of nitrogens with one attached hydrogen (secondary N) is 2. The molecule has 7 heteroatoms. The van der Waals surface area contributed by atoms with Crippen molar-refractivity contribution < 1.29 is 18.8 Å². The first-order valence-electron chi connectivity index (χ1n) is 9.34. The van der Waals surface area contributed by atoms with Crippen LogP contribution in [0.25, 0.3) is 0 Å². The van der Waals surface area contributed by atoms with Crippen LogP contribution < -0.4 is 15.4 Å². The van der Waals surface area contributed by atoms with E-state index in [0.29, 0.717) is 29.7 Å². The highest BCUT2D eigenvalue weighted by Gasteiger charge is 2.17. The molecule has 1 saturated carbocycles. The van der Waals surface area contributed by atoms with Gasteiger partial charge in [0.1, 0.15) is 12.4 Å². The standard InChI is InChI=1S/C20H25N3O4/c1-14(24)22-16-7-9-17(10-8-16)26-13-18-11-19(23-27-18)20(25)21-12-15-5-3-2-4-6-15/h7-11,15H,2-6,12-13H2,1H3,(H,21,25)(H,22,24). The molecule has 0 spiro atoms. The molecule has 0 bridgehead atoms. The fraction of sp³-hybridized carbons (Fsp3) is 0.450. The van der Waals surface area contributed by atoms with Gasteiger partial charge in [-0.3, -0.25) is 9.59 Å². The molecule has 0 radical (unpaired) electrons. The second-order valence-electron chi connectivity index (χ2n) is 6.89. The van der Waals surface area contributed by atoms with E-state index in [0.717, 1.165) is 0 Å². The Morgan fingerprint density at radius 3 is 2.63 bits per heavy atom. The summed E-state index contributed by atoms with van der Waals surface area (Å²) in [5.41, 5.74) is 0.969. The van der Waals surface area contributed by atoms with E-state index >= 15 is 0 Å². The third-order valence-electron chi connectivity index (χ3n) is 4.62. The van der Waals surface area contributed by atoms with Crippen molar-refractivity contribution in [1.82, 2.24) is 10.5 Å². The van der Waals surface area contributed by atoms with E-state index in [-0.39, 0.29) is 24.1 Å². The van der Waals surface area contributed by atoms with Gasteiger partial charge in [0.15, 0.2) is 11.5 Å². The van der Waals surface area contributed by atoms with Crippen LogP contribution in [0.3, 0.4) is 0 Å². The molecule has 1 aliphatic carbocycles. The van der Waals surface area contributed by atoms with Crippen LogP contribution in [0.2, 0.25) is 0 Å². The number of aromatic nitrogens is 1. The van der Waals surface area contributed by atoms with Gasteiger partial charge >= 0.3 is 0 Å². The first-order chi connectivity index (χ1) is 13.1. The zero-order valence-corrected chi connectivity index (χ0v) is 15.5. The van der Waals surface area contributed by atoms with Gasteiger partial charge in [0, 0.05) is 25.2 Å². The first kappa shape index (κ1) is 18.9. The normalized spacial score (nSPS) is 14.6. The summed E-state index contributed by atoms with van der Waals surface area (Å²) >= 11 is 0. The lowest BCUT2D eigenvalue weighted by Crippen LogP contribution is -2.30. The van der Waals surface area contributed by atoms with Gasteiger partial charge in [0.05, 0.1) is 0 Å². The Bertz CT molecular complexity index is 764. The molecule has 1 heterocycles. The van der Waals surface area contributed by atoms with Gasteiger partial charge in [0.25, 0.3) is 5.91 Å². The Morgan fingerprint density at radius 1 is 1.19 bits per heavy atom. The number of nitrogens with zero attached hydrogens (tertiary/aromatic N) is 1. The monoisotopic (exact) mass is 371 g/mol. The van der Waals surface area contributed by atoms with Crippen molar-refractivity contribution in [3.8, 4) is 5.75 Å². The van der Waals surface area contributed by atoms with Gasteiger partial charge in [-0.1, -0.05) is 24.4 Å². The first-order valence-corrected chi connectivity index (χ1v) is 9.34. The number of hydrogen-bond donors (Lipinski definition) is 2. The minimum Gasteiger partial charge on any atom is -0.486 e. The summed E-state index contributed by atoms with van der Waals surface area (Å²) in [6.45, 7) is 2.32. The van der Waals surface area contributed by atoms with Crippen LogP contribution in [0.4, 0.5) is 5.69 Å². The van der Waals surface area contributed by atoms with Crippen LogP contribution in [-0.2, 0) is 11.4 Å². The molecule has 1 aliphatic rings. The summed E-state index contributed by atoms with van der Waals surface area (Å²) in [4.78, 5) is 23.2. The Balaban J connectivity index is 1.45. The zero-order valence-electron chi connectivity index (χ0n) is 15.5. The Morgan fingerprint density at radius 2 is 1.93 bits per heavy atom. The number of rotatable bonds is 7. The highest BCUT2D eigenvalue weighted by molar-refractivity contribution is 5.92. The number of carbonyl (C=O) groups is 2. The van der Waals surface area contributed by atoms with Gasteiger partial charge in [-0.15, -0.1) is 0 Å². The molecule has 1 aromatic heterocycles. The number of carbonyl (C=O) groups excluding carboxylic acids is 2. The number of benzene rings is 1. The molecule has 0 unspecified atom stereocenters. The molecule has 3 rings (SSSR count). The van der Waals surface area contributed by atoms with Crippen molar-refractivity contribution in [1.29, 1.82) is 0 Å². The Hall–Kier alpha value is -2.83. The molecule has 2 N–H and O–H groups in total. The van der Waals surface area contributed by atoms with Crippen molar-refractivity contribution >= 4 is 17.5 Å². The lowest BCUT2D eigenvalue weighted by atomic mass is 9.89. The molecule has 1 aromatic carbocycles. The molecule has 0 saturated heterocycles. The maximum Gasteiger partial charge on any atom is 0.273 e. The molecule has 0 aliphatic heterocycles. The van der Waals surface area contributed by atoms with Crippen LogP contribution in [0.5, 0.6) is 5.75 Å². The van der Waals surface area contributed by atoms with Crippen molar-refractivity contribution in [2.75, 3.05) is 11.9 Å². The average Bonchev–Trinajstić information content (AvgIpc) is 3.15. The molecule has 144 valence electrons. The molecular formula is C20H25N3O4. The van der Waals surface area contributed by atoms with E-state index in [1.165, 1.54) is 39.0 Å². The summed E-state index contributed by atoms with van der Waals surface area (Å²) in [7, 11) is 0. The second-order valence-corrected chi connectivity index (χ2v) is 6.89. The van der Waals surface area contributed by atoms with E-state index < -0.39 is 0 Å². The van der Waals surface area contributed by atoms with Crippen LogP contribution in [0.1, 0.15) is 55.3 Å². The molecule has 0 atom stereocenters. The van der Waals surface area contributed by atoms with Crippen LogP contribution in [-0.4, -0.2) is 23.5 Å². The minimum atomic E-state index is -0.213. The summed E-state index contributed by atoms with van der Waals surface area (Å²) < 4.78 is 10.8. The minimum absolute atomic E-state index is 0.125. The van der Waals surface area contributed by atoms with E-state index in [1.807, 2.05) is 0 Å². The summed E-state index contributed by atoms with van der Waals surface area (Å²) in [5.74, 6) is 1.33. The summed E-state index contributed by atoms with van der Waals surface area (Å²) in [6.07, 6.45) is 6.15. The fourth-order valence-corrected chi connectivity index (χ4v) is 3.20. The van der Waals surface area contributed by atoms with Crippen molar-refractivity contribution in [3.63, 3.8) is 0 Å². The number of anilines is 1. The van der Waals surface area contributed by atoms with Crippen LogP contribution >= 0.6 is 0 Å². The molecule has 2 aromatic rings. The molecular weight excluding hydrogens is 346 g/mol. The fourth-order valence-electron chi connectivity index (χ4n) is 3.20. The number of amides is 2. The molecule has 7 nitrogen and oxygen atoms in total. The predicted molar refractivity (Wildman–Crippen MR) is 100 cm³/mol. The number of ether oxygens (including phenoxy) is 1. The van der Waals surface area contributed by atoms with Gasteiger partial charge in [-0.05, 0) is 43.0 Å². The van der Waals surface area contributed by atoms with Gasteiger partial charge in [-0.25, -0.2) is 0 Å². The summed E-state index contributed by atoms with van der Waals surface area (Å²) in [5, 5.41) is 9.45. The largest absolute Gasteiger partial charge is 0.486 e. The van der Waals surface area contributed by atoms with Gasteiger partial charge in [-0.2, -0.15) is 0 Å². The van der Waals surface area contributed by atoms with Gasteiger partial charge in [0.2, 0.25) is 5.91 Å². The van der Waals surface area contributed by atoms with E-state index in [4.69, 9.17) is 9.26 Å². The lowest BCUT2D eigenvalue weighted by Gasteiger charge is -2.21. The Labute approximate surface area is 158 Å². The maximum atomic E-state index is 12.2. The molecule has 1 fully saturated rings. The molecule has 2 amide bonds. The summed E-state index contributed by atoms with van der Waals surface area (Å²) in [6, 6.07) is 8.60. The lowest BCUT2D eigenvalue weighted by molar-refractivity contribution is -0.114. The maximum absolute atomic E-state index is 12.2. The van der Waals surface area contributed by atoms with E-state index in [2.05, 4.69) is 15.8 Å². The van der Waals surface area contributed by atoms with Crippen molar-refractivity contribution in [3.05, 3.63) is 41.8 Å². The van der Waals surface area contributed by atoms with Gasteiger partial charge < -0.3 is 19.9 Å². The quantitative estimate of drug-likeness (QED) is 0.777. The third-order valence-corrected chi connectivity index (χ3v) is 4.62. The van der Waals surface area contributed by atoms with Crippen molar-refractivity contribution in [2.45, 2.75) is 45.6 Å². The van der Waals surface area contributed by atoms with E-state index in [9.17, 15) is 9.59 Å². The highest BCUT2D eigenvalue weighted by atomic mass is 16.5. The Kier molecular flexibility index (Phi) is 6.46. The zero-order chi connectivity index (χ0) is 19.1. The predicted octanol–water partition coefficient (Wildman–Crippen LogP) is 3.52. The third kappa shape index (κ3) is 5.84. The topological polar surface area (TPSA) is 93.5 Å². The smallest absolute Gasteiger partial charge is 0.273 e.